The van der Waals surface area contributed by atoms with Crippen molar-refractivity contribution in [3.63, 3.8) is 0 Å². The van der Waals surface area contributed by atoms with Gasteiger partial charge in [0.2, 0.25) is 0 Å². The van der Waals surface area contributed by atoms with Crippen LogP contribution < -0.4 is 15.2 Å². The average Bonchev–Trinajstić information content (AvgIpc) is 2.77. The zero-order chi connectivity index (χ0) is 13.1. The van der Waals surface area contributed by atoms with E-state index >= 15 is 0 Å². The van der Waals surface area contributed by atoms with Crippen molar-refractivity contribution in [3.05, 3.63) is 17.9 Å². The van der Waals surface area contributed by atoms with Crippen molar-refractivity contribution >= 4 is 5.69 Å². The fraction of sp³-hybridized carbons (Fsp3) is 0.500. The summed E-state index contributed by atoms with van der Waals surface area (Å²) in [4.78, 5) is 0. The lowest BCUT2D eigenvalue weighted by Crippen LogP contribution is -2.13. The first-order valence-corrected chi connectivity index (χ1v) is 5.76. The SMILES string of the molecule is Nc1cc(F)c(OC(F)F)cc1OC1CCCC1. The molecule has 2 rings (SSSR count). The highest BCUT2D eigenvalue weighted by Gasteiger charge is 2.20. The molecule has 1 aliphatic carbocycles. The third kappa shape index (κ3) is 3.00. The Bertz CT molecular complexity index is 420. The van der Waals surface area contributed by atoms with E-state index in [-0.39, 0.29) is 17.5 Å². The van der Waals surface area contributed by atoms with Gasteiger partial charge < -0.3 is 15.2 Å². The molecular formula is C12H14F3NO2. The van der Waals surface area contributed by atoms with Crippen LogP contribution in [0.25, 0.3) is 0 Å². The fourth-order valence-electron chi connectivity index (χ4n) is 2.02. The number of benzene rings is 1. The van der Waals surface area contributed by atoms with E-state index < -0.39 is 18.2 Å². The predicted molar refractivity (Wildman–Crippen MR) is 60.3 cm³/mol. The summed E-state index contributed by atoms with van der Waals surface area (Å²) < 4.78 is 47.1. The third-order valence-corrected chi connectivity index (χ3v) is 2.88. The number of hydrogen-bond donors (Lipinski definition) is 1. The molecule has 1 fully saturated rings. The van der Waals surface area contributed by atoms with Crippen LogP contribution in [0.2, 0.25) is 0 Å². The normalized spacial score (nSPS) is 16.2. The number of halogens is 3. The van der Waals surface area contributed by atoms with Crippen LogP contribution in [0.15, 0.2) is 12.1 Å². The summed E-state index contributed by atoms with van der Waals surface area (Å²) in [6, 6.07) is 2.01. The molecule has 2 N–H and O–H groups in total. The Labute approximate surface area is 103 Å². The minimum Gasteiger partial charge on any atom is -0.488 e. The van der Waals surface area contributed by atoms with Crippen LogP contribution in [0.1, 0.15) is 25.7 Å². The topological polar surface area (TPSA) is 44.5 Å². The van der Waals surface area contributed by atoms with E-state index in [2.05, 4.69) is 4.74 Å². The summed E-state index contributed by atoms with van der Waals surface area (Å²) in [5, 5.41) is 0. The lowest BCUT2D eigenvalue weighted by molar-refractivity contribution is -0.0523. The molecule has 1 aromatic rings. The van der Waals surface area contributed by atoms with E-state index in [0.717, 1.165) is 37.8 Å². The van der Waals surface area contributed by atoms with Crippen LogP contribution in [-0.4, -0.2) is 12.7 Å². The largest absolute Gasteiger partial charge is 0.488 e. The van der Waals surface area contributed by atoms with Crippen LogP contribution in [-0.2, 0) is 0 Å². The van der Waals surface area contributed by atoms with Crippen molar-refractivity contribution in [2.24, 2.45) is 0 Å². The van der Waals surface area contributed by atoms with E-state index in [9.17, 15) is 13.2 Å². The molecular weight excluding hydrogens is 247 g/mol. The molecule has 0 unspecified atom stereocenters. The van der Waals surface area contributed by atoms with Crippen LogP contribution in [0.4, 0.5) is 18.9 Å². The van der Waals surface area contributed by atoms with Gasteiger partial charge in [-0.3, -0.25) is 0 Å². The van der Waals surface area contributed by atoms with E-state index in [1.165, 1.54) is 0 Å². The first-order valence-electron chi connectivity index (χ1n) is 5.76. The number of nitrogens with two attached hydrogens (primary N) is 1. The predicted octanol–water partition coefficient (Wildman–Crippen LogP) is 3.33. The van der Waals surface area contributed by atoms with Gasteiger partial charge in [-0.2, -0.15) is 8.78 Å². The van der Waals surface area contributed by atoms with Crippen molar-refractivity contribution in [2.45, 2.75) is 38.4 Å². The molecule has 0 spiro atoms. The van der Waals surface area contributed by atoms with Gasteiger partial charge in [0, 0.05) is 12.1 Å². The molecule has 0 aromatic heterocycles. The highest BCUT2D eigenvalue weighted by molar-refractivity contribution is 5.56. The zero-order valence-corrected chi connectivity index (χ0v) is 9.67. The van der Waals surface area contributed by atoms with Gasteiger partial charge in [-0.05, 0) is 25.7 Å². The van der Waals surface area contributed by atoms with Crippen molar-refractivity contribution in [3.8, 4) is 11.5 Å². The highest BCUT2D eigenvalue weighted by Crippen LogP contribution is 2.33. The van der Waals surface area contributed by atoms with Gasteiger partial charge in [0.25, 0.3) is 0 Å². The Balaban J connectivity index is 2.17. The van der Waals surface area contributed by atoms with Crippen LogP contribution in [0.5, 0.6) is 11.5 Å². The minimum absolute atomic E-state index is 0.0113. The van der Waals surface area contributed by atoms with E-state index in [1.54, 1.807) is 0 Å². The summed E-state index contributed by atoms with van der Waals surface area (Å²) in [7, 11) is 0. The van der Waals surface area contributed by atoms with Gasteiger partial charge in [0.05, 0.1) is 11.8 Å². The first kappa shape index (κ1) is 12.9. The first-order chi connectivity index (χ1) is 8.56. The van der Waals surface area contributed by atoms with Crippen molar-refractivity contribution in [2.75, 3.05) is 5.73 Å². The average molecular weight is 261 g/mol. The lowest BCUT2D eigenvalue weighted by atomic mass is 10.2. The summed E-state index contributed by atoms with van der Waals surface area (Å²) >= 11 is 0. The van der Waals surface area contributed by atoms with Gasteiger partial charge in [-0.25, -0.2) is 4.39 Å². The summed E-state index contributed by atoms with van der Waals surface area (Å²) in [5.41, 5.74) is 5.68. The molecule has 18 heavy (non-hydrogen) atoms. The molecule has 3 nitrogen and oxygen atoms in total. The molecule has 1 aromatic carbocycles. The minimum atomic E-state index is -3.08. The molecule has 1 aliphatic rings. The molecule has 0 atom stereocenters. The van der Waals surface area contributed by atoms with Crippen molar-refractivity contribution < 1.29 is 22.6 Å². The van der Waals surface area contributed by atoms with Crippen molar-refractivity contribution in [1.82, 2.24) is 0 Å². The smallest absolute Gasteiger partial charge is 0.387 e. The van der Waals surface area contributed by atoms with E-state index in [1.807, 2.05) is 0 Å². The standard InChI is InChI=1S/C12H14F3NO2/c13-8-5-9(16)11(6-10(8)18-12(14)15)17-7-3-1-2-4-7/h5-7,12H,1-4,16H2. The van der Waals surface area contributed by atoms with Crippen molar-refractivity contribution in [1.29, 1.82) is 0 Å². The Hall–Kier alpha value is -1.59. The summed E-state index contributed by atoms with van der Waals surface area (Å²) in [6.45, 7) is -3.08. The molecule has 1 saturated carbocycles. The Morgan fingerprint density at radius 3 is 2.44 bits per heavy atom. The monoisotopic (exact) mass is 261 g/mol. The second-order valence-corrected chi connectivity index (χ2v) is 4.22. The summed E-state index contributed by atoms with van der Waals surface area (Å²) in [6.07, 6.45) is 3.92. The molecule has 0 aliphatic heterocycles. The van der Waals surface area contributed by atoms with Crippen LogP contribution >= 0.6 is 0 Å². The maximum absolute atomic E-state index is 13.3. The molecule has 0 bridgehead atoms. The molecule has 100 valence electrons. The Kier molecular flexibility index (Phi) is 3.84. The van der Waals surface area contributed by atoms with Crippen LogP contribution in [0, 0.1) is 5.82 Å². The second kappa shape index (κ2) is 5.37. The number of rotatable bonds is 4. The number of ether oxygens (including phenoxy) is 2. The fourth-order valence-corrected chi connectivity index (χ4v) is 2.02. The zero-order valence-electron chi connectivity index (χ0n) is 9.67. The number of alkyl halides is 2. The maximum Gasteiger partial charge on any atom is 0.387 e. The van der Waals surface area contributed by atoms with Gasteiger partial charge >= 0.3 is 6.61 Å². The van der Waals surface area contributed by atoms with E-state index in [0.29, 0.717) is 0 Å². The molecule has 0 heterocycles. The number of hydrogen-bond acceptors (Lipinski definition) is 3. The Morgan fingerprint density at radius 2 is 1.83 bits per heavy atom. The highest BCUT2D eigenvalue weighted by atomic mass is 19.3. The molecule has 0 radical (unpaired) electrons. The molecule has 6 heteroatoms. The van der Waals surface area contributed by atoms with E-state index in [4.69, 9.17) is 10.5 Å². The third-order valence-electron chi connectivity index (χ3n) is 2.88. The summed E-state index contributed by atoms with van der Waals surface area (Å²) in [5.74, 6) is -1.28. The second-order valence-electron chi connectivity index (χ2n) is 4.22. The van der Waals surface area contributed by atoms with Crippen LogP contribution in [0.3, 0.4) is 0 Å². The lowest BCUT2D eigenvalue weighted by Gasteiger charge is -2.16. The Morgan fingerprint density at radius 1 is 1.17 bits per heavy atom. The number of anilines is 1. The number of nitrogen functional groups attached to an aromatic ring is 1. The van der Waals surface area contributed by atoms with Gasteiger partial charge in [-0.1, -0.05) is 0 Å². The molecule has 0 saturated heterocycles. The van der Waals surface area contributed by atoms with Gasteiger partial charge in [0.1, 0.15) is 5.75 Å². The van der Waals surface area contributed by atoms with Gasteiger partial charge in [-0.15, -0.1) is 0 Å². The maximum atomic E-state index is 13.3. The molecule has 0 amide bonds. The van der Waals surface area contributed by atoms with Gasteiger partial charge in [0.15, 0.2) is 11.6 Å². The quantitative estimate of drug-likeness (QED) is 0.845.